The van der Waals surface area contributed by atoms with Gasteiger partial charge in [0.2, 0.25) is 0 Å². The zero-order valence-corrected chi connectivity index (χ0v) is 11.5. The Labute approximate surface area is 126 Å². The van der Waals surface area contributed by atoms with Crippen LogP contribution in [0, 0.1) is 15.5 Å². The number of amidine groups is 1. The number of non-ortho nitro benzene ring substituents is 1. The molecule has 0 aliphatic rings. The van der Waals surface area contributed by atoms with Gasteiger partial charge in [-0.3, -0.25) is 20.8 Å². The molecule has 0 fully saturated rings. The molecule has 2 rings (SSSR count). The lowest BCUT2D eigenvalue weighted by Gasteiger charge is -2.08. The third-order valence-electron chi connectivity index (χ3n) is 2.81. The lowest BCUT2D eigenvalue weighted by atomic mass is 10.2. The Morgan fingerprint density at radius 3 is 2.36 bits per heavy atom. The Balaban J connectivity index is 1.88. The fourth-order valence-corrected chi connectivity index (χ4v) is 1.68. The number of carbonyl (C=O) groups excluding carboxylic acids is 1. The van der Waals surface area contributed by atoms with Gasteiger partial charge in [-0.1, -0.05) is 30.3 Å². The minimum Gasteiger partial charge on any atom is -0.444 e. The summed E-state index contributed by atoms with van der Waals surface area (Å²) < 4.78 is 4.98. The van der Waals surface area contributed by atoms with E-state index in [0.717, 1.165) is 5.56 Å². The average Bonchev–Trinajstić information content (AvgIpc) is 2.54. The van der Waals surface area contributed by atoms with Crippen LogP contribution in [0.15, 0.2) is 54.6 Å². The number of nitro benzene ring substituents is 1. The predicted molar refractivity (Wildman–Crippen MR) is 79.7 cm³/mol. The van der Waals surface area contributed by atoms with Gasteiger partial charge in [-0.05, 0) is 17.7 Å². The molecule has 0 heterocycles. The van der Waals surface area contributed by atoms with E-state index in [-0.39, 0.29) is 18.1 Å². The standard InChI is InChI=1S/C15H13N3O4/c16-14(12-6-8-13(9-7-12)18(20)21)17-15(19)22-10-11-4-2-1-3-5-11/h1-9H,10H2,(H2,16,17,19). The number of alkyl carbamates (subject to hydrolysis) is 1. The van der Waals surface area contributed by atoms with Gasteiger partial charge >= 0.3 is 6.09 Å². The Bertz CT molecular complexity index is 684. The van der Waals surface area contributed by atoms with Crippen molar-refractivity contribution in [2.75, 3.05) is 0 Å². The first-order valence-corrected chi connectivity index (χ1v) is 6.37. The maximum Gasteiger partial charge on any atom is 0.413 e. The number of rotatable bonds is 4. The topological polar surface area (TPSA) is 105 Å². The second kappa shape index (κ2) is 6.98. The number of nitrogens with one attached hydrogen (secondary N) is 2. The van der Waals surface area contributed by atoms with Gasteiger partial charge in [0.15, 0.2) is 0 Å². The summed E-state index contributed by atoms with van der Waals surface area (Å²) in [5.41, 5.74) is 1.10. The van der Waals surface area contributed by atoms with E-state index in [1.54, 1.807) is 0 Å². The van der Waals surface area contributed by atoms with Crippen LogP contribution in [0.4, 0.5) is 10.5 Å². The zero-order valence-electron chi connectivity index (χ0n) is 11.5. The van der Waals surface area contributed by atoms with Gasteiger partial charge in [0.05, 0.1) is 4.92 Å². The zero-order chi connectivity index (χ0) is 15.9. The second-order valence-corrected chi connectivity index (χ2v) is 4.37. The summed E-state index contributed by atoms with van der Waals surface area (Å²) in [5.74, 6) is -0.187. The van der Waals surface area contributed by atoms with Crippen LogP contribution in [-0.2, 0) is 11.3 Å². The molecule has 2 N–H and O–H groups in total. The lowest BCUT2D eigenvalue weighted by molar-refractivity contribution is -0.384. The molecular formula is C15H13N3O4. The van der Waals surface area contributed by atoms with E-state index in [0.29, 0.717) is 5.56 Å². The molecular weight excluding hydrogens is 286 g/mol. The fourth-order valence-electron chi connectivity index (χ4n) is 1.68. The molecule has 22 heavy (non-hydrogen) atoms. The van der Waals surface area contributed by atoms with Crippen LogP contribution in [-0.4, -0.2) is 16.9 Å². The van der Waals surface area contributed by atoms with E-state index in [1.165, 1.54) is 24.3 Å². The van der Waals surface area contributed by atoms with Gasteiger partial charge in [0, 0.05) is 17.7 Å². The third-order valence-corrected chi connectivity index (χ3v) is 2.81. The number of hydrogen-bond donors (Lipinski definition) is 2. The van der Waals surface area contributed by atoms with Gasteiger partial charge < -0.3 is 4.74 Å². The van der Waals surface area contributed by atoms with Crippen LogP contribution in [0.3, 0.4) is 0 Å². The second-order valence-electron chi connectivity index (χ2n) is 4.37. The molecule has 0 unspecified atom stereocenters. The van der Waals surface area contributed by atoms with Crippen molar-refractivity contribution in [3.05, 3.63) is 75.8 Å². The summed E-state index contributed by atoms with van der Waals surface area (Å²) in [6.07, 6.45) is -0.757. The number of carbonyl (C=O) groups is 1. The molecule has 0 aliphatic heterocycles. The van der Waals surface area contributed by atoms with Crippen LogP contribution < -0.4 is 5.32 Å². The Kier molecular flexibility index (Phi) is 4.81. The van der Waals surface area contributed by atoms with Crippen LogP contribution in [0.1, 0.15) is 11.1 Å². The molecule has 0 radical (unpaired) electrons. The highest BCUT2D eigenvalue weighted by Crippen LogP contribution is 2.11. The molecule has 7 nitrogen and oxygen atoms in total. The fraction of sp³-hybridized carbons (Fsp3) is 0.0667. The molecule has 0 saturated carbocycles. The van der Waals surface area contributed by atoms with Gasteiger partial charge in [0.1, 0.15) is 12.4 Å². The Morgan fingerprint density at radius 2 is 1.77 bits per heavy atom. The van der Waals surface area contributed by atoms with Crippen molar-refractivity contribution in [2.45, 2.75) is 6.61 Å². The normalized spacial score (nSPS) is 9.82. The SMILES string of the molecule is N=C(NC(=O)OCc1ccccc1)c1ccc([N+](=O)[O-])cc1. The number of amides is 1. The quantitative estimate of drug-likeness (QED) is 0.392. The average molecular weight is 299 g/mol. The highest BCUT2D eigenvalue weighted by atomic mass is 16.6. The Morgan fingerprint density at radius 1 is 1.14 bits per heavy atom. The van der Waals surface area contributed by atoms with Crippen LogP contribution in [0.2, 0.25) is 0 Å². The van der Waals surface area contributed by atoms with E-state index in [1.807, 2.05) is 30.3 Å². The van der Waals surface area contributed by atoms with E-state index in [2.05, 4.69) is 5.32 Å². The largest absolute Gasteiger partial charge is 0.444 e. The Hall–Kier alpha value is -3.22. The van der Waals surface area contributed by atoms with Gasteiger partial charge in [0.25, 0.3) is 5.69 Å². The summed E-state index contributed by atoms with van der Waals surface area (Å²) in [6.45, 7) is 0.0974. The van der Waals surface area contributed by atoms with E-state index >= 15 is 0 Å². The number of ether oxygens (including phenoxy) is 1. The van der Waals surface area contributed by atoms with Crippen LogP contribution in [0.5, 0.6) is 0 Å². The molecule has 0 saturated heterocycles. The first-order chi connectivity index (χ1) is 10.6. The van der Waals surface area contributed by atoms with Crippen molar-refractivity contribution in [3.63, 3.8) is 0 Å². The summed E-state index contributed by atoms with van der Waals surface area (Å²) in [4.78, 5) is 21.6. The predicted octanol–water partition coefficient (Wildman–Crippen LogP) is 2.85. The summed E-state index contributed by atoms with van der Waals surface area (Å²) in [6, 6.07) is 14.4. The van der Waals surface area contributed by atoms with Crippen molar-refractivity contribution in [3.8, 4) is 0 Å². The minimum atomic E-state index is -0.757. The molecule has 0 spiro atoms. The monoisotopic (exact) mass is 299 g/mol. The van der Waals surface area contributed by atoms with Gasteiger partial charge in [-0.25, -0.2) is 4.79 Å². The van der Waals surface area contributed by atoms with E-state index in [9.17, 15) is 14.9 Å². The molecule has 0 aromatic heterocycles. The van der Waals surface area contributed by atoms with Gasteiger partial charge in [-0.2, -0.15) is 0 Å². The number of nitrogens with zero attached hydrogens (tertiary/aromatic N) is 1. The maximum absolute atomic E-state index is 11.6. The third kappa shape index (κ3) is 4.14. The van der Waals surface area contributed by atoms with Crippen molar-refractivity contribution in [1.82, 2.24) is 5.32 Å². The molecule has 7 heteroatoms. The first kappa shape index (κ1) is 15.2. The molecule has 0 bridgehead atoms. The first-order valence-electron chi connectivity index (χ1n) is 6.37. The van der Waals surface area contributed by atoms with Crippen LogP contribution >= 0.6 is 0 Å². The molecule has 2 aromatic carbocycles. The van der Waals surface area contributed by atoms with E-state index < -0.39 is 11.0 Å². The number of hydrogen-bond acceptors (Lipinski definition) is 5. The van der Waals surface area contributed by atoms with E-state index in [4.69, 9.17) is 10.1 Å². The molecule has 0 atom stereocenters. The summed E-state index contributed by atoms with van der Waals surface area (Å²) in [7, 11) is 0. The molecule has 1 amide bonds. The lowest BCUT2D eigenvalue weighted by Crippen LogP contribution is -2.30. The number of nitro groups is 1. The van der Waals surface area contributed by atoms with Crippen molar-refractivity contribution in [1.29, 1.82) is 5.41 Å². The van der Waals surface area contributed by atoms with Crippen molar-refractivity contribution >= 4 is 17.6 Å². The highest BCUT2D eigenvalue weighted by molar-refractivity contribution is 6.04. The van der Waals surface area contributed by atoms with Crippen LogP contribution in [0.25, 0.3) is 0 Å². The molecule has 2 aromatic rings. The summed E-state index contributed by atoms with van der Waals surface area (Å²) >= 11 is 0. The van der Waals surface area contributed by atoms with Gasteiger partial charge in [-0.15, -0.1) is 0 Å². The maximum atomic E-state index is 11.6. The highest BCUT2D eigenvalue weighted by Gasteiger charge is 2.10. The smallest absolute Gasteiger partial charge is 0.413 e. The summed E-state index contributed by atoms with van der Waals surface area (Å²) in [5, 5.41) is 20.5. The van der Waals surface area contributed by atoms with Crippen molar-refractivity contribution < 1.29 is 14.5 Å². The minimum absolute atomic E-state index is 0.0804. The van der Waals surface area contributed by atoms with Crippen molar-refractivity contribution in [2.24, 2.45) is 0 Å². The molecule has 0 aliphatic carbocycles. The number of benzene rings is 2. The molecule has 112 valence electrons.